The molecule has 0 spiro atoms. The molecule has 1 aromatic carbocycles. The first-order chi connectivity index (χ1) is 12.3. The number of carbonyl (C=O) groups excluding carboxylic acids is 2. The highest BCUT2D eigenvalue weighted by atomic mass is 32.1. The number of thiophene rings is 1. The van der Waals surface area contributed by atoms with Crippen LogP contribution in [0.4, 0.5) is 4.39 Å². The van der Waals surface area contributed by atoms with Crippen molar-refractivity contribution in [2.45, 2.75) is 25.9 Å². The van der Waals surface area contributed by atoms with Gasteiger partial charge in [0, 0.05) is 10.9 Å². The van der Waals surface area contributed by atoms with Crippen LogP contribution in [0.1, 0.15) is 30.3 Å². The van der Waals surface area contributed by atoms with Gasteiger partial charge in [0.25, 0.3) is 0 Å². The SMILES string of the molecule is CC(C)NC(=O)CN(C)CC(=O)NC(c1ccc(F)cc1)c1cccs1. The molecule has 1 aromatic heterocycles. The Morgan fingerprint density at radius 3 is 2.23 bits per heavy atom. The average molecular weight is 377 g/mol. The van der Waals surface area contributed by atoms with Crippen molar-refractivity contribution < 1.29 is 14.0 Å². The van der Waals surface area contributed by atoms with Gasteiger partial charge in [-0.05, 0) is 50.0 Å². The van der Waals surface area contributed by atoms with E-state index in [1.165, 1.54) is 23.5 Å². The lowest BCUT2D eigenvalue weighted by Crippen LogP contribution is -2.43. The molecular weight excluding hydrogens is 353 g/mol. The monoisotopic (exact) mass is 377 g/mol. The largest absolute Gasteiger partial charge is 0.353 e. The van der Waals surface area contributed by atoms with Crippen molar-refractivity contribution in [2.75, 3.05) is 20.1 Å². The maximum absolute atomic E-state index is 13.2. The van der Waals surface area contributed by atoms with E-state index < -0.39 is 0 Å². The molecule has 0 bridgehead atoms. The minimum absolute atomic E-state index is 0.0615. The number of carbonyl (C=O) groups is 2. The van der Waals surface area contributed by atoms with E-state index in [9.17, 15) is 14.0 Å². The summed E-state index contributed by atoms with van der Waals surface area (Å²) < 4.78 is 13.2. The van der Waals surface area contributed by atoms with Crippen LogP contribution in [0.5, 0.6) is 0 Å². The Balaban J connectivity index is 2.00. The molecule has 7 heteroatoms. The normalized spacial score (nSPS) is 12.2. The predicted octanol–water partition coefficient (Wildman–Crippen LogP) is 2.55. The Morgan fingerprint density at radius 2 is 1.69 bits per heavy atom. The lowest BCUT2D eigenvalue weighted by Gasteiger charge is -2.21. The molecule has 1 atom stereocenters. The lowest BCUT2D eigenvalue weighted by atomic mass is 10.1. The summed E-state index contributed by atoms with van der Waals surface area (Å²) in [6.07, 6.45) is 0. The molecule has 2 amide bonds. The lowest BCUT2D eigenvalue weighted by molar-refractivity contribution is -0.125. The summed E-state index contributed by atoms with van der Waals surface area (Å²) in [6, 6.07) is 9.64. The number of rotatable bonds is 8. The molecule has 140 valence electrons. The van der Waals surface area contributed by atoms with Crippen molar-refractivity contribution >= 4 is 23.2 Å². The Morgan fingerprint density at radius 1 is 1.08 bits per heavy atom. The molecular formula is C19H24FN3O2S. The van der Waals surface area contributed by atoms with Crippen LogP contribution < -0.4 is 10.6 Å². The zero-order chi connectivity index (χ0) is 19.1. The van der Waals surface area contributed by atoms with Gasteiger partial charge in [0.15, 0.2) is 0 Å². The smallest absolute Gasteiger partial charge is 0.234 e. The van der Waals surface area contributed by atoms with Crippen molar-refractivity contribution in [1.82, 2.24) is 15.5 Å². The number of halogens is 1. The second kappa shape index (κ2) is 9.45. The van der Waals surface area contributed by atoms with Crippen molar-refractivity contribution in [3.8, 4) is 0 Å². The molecule has 2 rings (SSSR count). The molecule has 0 fully saturated rings. The van der Waals surface area contributed by atoms with Gasteiger partial charge in [0.05, 0.1) is 19.1 Å². The summed E-state index contributed by atoms with van der Waals surface area (Å²) in [7, 11) is 1.72. The summed E-state index contributed by atoms with van der Waals surface area (Å²) in [6.45, 7) is 4.01. The third kappa shape index (κ3) is 6.24. The van der Waals surface area contributed by atoms with E-state index in [1.807, 2.05) is 31.4 Å². The number of nitrogens with one attached hydrogen (secondary N) is 2. The van der Waals surface area contributed by atoms with Crippen LogP contribution in [-0.4, -0.2) is 42.9 Å². The number of hydrogen-bond acceptors (Lipinski definition) is 4. The van der Waals surface area contributed by atoms with E-state index in [0.29, 0.717) is 0 Å². The molecule has 0 saturated carbocycles. The van der Waals surface area contributed by atoms with Crippen LogP contribution in [0, 0.1) is 5.82 Å². The van der Waals surface area contributed by atoms with Crippen LogP contribution in [0.3, 0.4) is 0 Å². The number of hydrogen-bond donors (Lipinski definition) is 2. The first kappa shape index (κ1) is 20.1. The van der Waals surface area contributed by atoms with Gasteiger partial charge in [0.2, 0.25) is 11.8 Å². The van der Waals surface area contributed by atoms with Crippen LogP contribution in [-0.2, 0) is 9.59 Å². The maximum atomic E-state index is 13.2. The van der Waals surface area contributed by atoms with E-state index in [0.717, 1.165) is 10.4 Å². The summed E-state index contributed by atoms with van der Waals surface area (Å²) in [5, 5.41) is 7.70. The van der Waals surface area contributed by atoms with Gasteiger partial charge < -0.3 is 10.6 Å². The molecule has 0 aliphatic heterocycles. The van der Waals surface area contributed by atoms with E-state index >= 15 is 0 Å². The highest BCUT2D eigenvalue weighted by Gasteiger charge is 2.19. The fraction of sp³-hybridized carbons (Fsp3) is 0.368. The van der Waals surface area contributed by atoms with Crippen LogP contribution in [0.2, 0.25) is 0 Å². The second-order valence-electron chi connectivity index (χ2n) is 6.46. The molecule has 0 radical (unpaired) electrons. The summed E-state index contributed by atoms with van der Waals surface area (Å²) in [5.74, 6) is -0.642. The molecule has 0 saturated heterocycles. The Hall–Kier alpha value is -2.25. The summed E-state index contributed by atoms with van der Waals surface area (Å²) in [4.78, 5) is 26.9. The van der Waals surface area contributed by atoms with Crippen LogP contribution in [0.25, 0.3) is 0 Å². The number of nitrogens with zero attached hydrogens (tertiary/aromatic N) is 1. The van der Waals surface area contributed by atoms with Gasteiger partial charge in [-0.2, -0.15) is 0 Å². The van der Waals surface area contributed by atoms with Crippen molar-refractivity contribution in [2.24, 2.45) is 0 Å². The van der Waals surface area contributed by atoms with Crippen molar-refractivity contribution in [1.29, 1.82) is 0 Å². The van der Waals surface area contributed by atoms with Gasteiger partial charge in [-0.25, -0.2) is 4.39 Å². The van der Waals surface area contributed by atoms with Gasteiger partial charge in [-0.3, -0.25) is 14.5 Å². The first-order valence-corrected chi connectivity index (χ1v) is 9.29. The Kier molecular flexibility index (Phi) is 7.29. The highest BCUT2D eigenvalue weighted by molar-refractivity contribution is 7.10. The molecule has 1 heterocycles. The van der Waals surface area contributed by atoms with Crippen molar-refractivity contribution in [3.05, 3.63) is 58.0 Å². The second-order valence-corrected chi connectivity index (χ2v) is 7.44. The molecule has 1 unspecified atom stereocenters. The summed E-state index contributed by atoms with van der Waals surface area (Å²) in [5.41, 5.74) is 0.808. The number of benzene rings is 1. The minimum Gasteiger partial charge on any atom is -0.353 e. The van der Waals surface area contributed by atoms with E-state index in [1.54, 1.807) is 24.1 Å². The predicted molar refractivity (Wildman–Crippen MR) is 101 cm³/mol. The van der Waals surface area contributed by atoms with E-state index in [2.05, 4.69) is 10.6 Å². The van der Waals surface area contributed by atoms with Crippen molar-refractivity contribution in [3.63, 3.8) is 0 Å². The van der Waals surface area contributed by atoms with Crippen LogP contribution in [0.15, 0.2) is 41.8 Å². The Labute approximate surface area is 157 Å². The fourth-order valence-corrected chi connectivity index (χ4v) is 3.35. The zero-order valence-electron chi connectivity index (χ0n) is 15.2. The fourth-order valence-electron chi connectivity index (χ4n) is 2.55. The van der Waals surface area contributed by atoms with Gasteiger partial charge in [-0.1, -0.05) is 18.2 Å². The maximum Gasteiger partial charge on any atom is 0.234 e. The molecule has 2 N–H and O–H groups in total. The number of amides is 2. The third-order valence-corrected chi connectivity index (χ3v) is 4.55. The number of likely N-dealkylation sites (N-methyl/N-ethyl adjacent to an activating group) is 1. The molecule has 26 heavy (non-hydrogen) atoms. The average Bonchev–Trinajstić information content (AvgIpc) is 3.06. The van der Waals surface area contributed by atoms with Gasteiger partial charge >= 0.3 is 0 Å². The minimum atomic E-state index is -0.346. The third-order valence-electron chi connectivity index (χ3n) is 3.61. The Bertz CT molecular complexity index is 717. The highest BCUT2D eigenvalue weighted by Crippen LogP contribution is 2.26. The van der Waals surface area contributed by atoms with Gasteiger partial charge in [-0.15, -0.1) is 11.3 Å². The molecule has 5 nitrogen and oxygen atoms in total. The van der Waals surface area contributed by atoms with E-state index in [-0.39, 0.29) is 42.8 Å². The topological polar surface area (TPSA) is 61.4 Å². The first-order valence-electron chi connectivity index (χ1n) is 8.41. The molecule has 2 aromatic rings. The zero-order valence-corrected chi connectivity index (χ0v) is 16.0. The molecule has 0 aliphatic carbocycles. The van der Waals surface area contributed by atoms with Gasteiger partial charge in [0.1, 0.15) is 5.82 Å². The summed E-state index contributed by atoms with van der Waals surface area (Å²) >= 11 is 1.52. The molecule has 0 aliphatic rings. The van der Waals surface area contributed by atoms with E-state index in [4.69, 9.17) is 0 Å². The van der Waals surface area contributed by atoms with Crippen LogP contribution >= 0.6 is 11.3 Å². The standard InChI is InChI=1S/C19H24FN3O2S/c1-13(2)21-17(24)11-23(3)12-18(25)22-19(16-5-4-10-26-16)14-6-8-15(20)9-7-14/h4-10,13,19H,11-12H2,1-3H3,(H,21,24)(H,22,25). The quantitative estimate of drug-likeness (QED) is 0.743.